The fourth-order valence-electron chi connectivity index (χ4n) is 3.25. The van der Waals surface area contributed by atoms with Crippen LogP contribution < -0.4 is 14.4 Å². The van der Waals surface area contributed by atoms with Crippen LogP contribution in [0.2, 0.25) is 0 Å². The minimum Gasteiger partial charge on any atom is -0.497 e. The molecule has 2 rings (SSSR count). The summed E-state index contributed by atoms with van der Waals surface area (Å²) in [5, 5.41) is 3.01. The fourth-order valence-corrected chi connectivity index (χ4v) is 4.21. The van der Waals surface area contributed by atoms with Gasteiger partial charge in [0.05, 0.1) is 25.1 Å². The van der Waals surface area contributed by atoms with Crippen LogP contribution in [0.15, 0.2) is 42.5 Å². The minimum atomic E-state index is -3.47. The van der Waals surface area contributed by atoms with Crippen molar-refractivity contribution in [2.45, 2.75) is 39.7 Å². The molecule has 0 fully saturated rings. The van der Waals surface area contributed by atoms with Crippen LogP contribution in [-0.2, 0) is 14.8 Å². The molecule has 2 aromatic rings. The first-order chi connectivity index (χ1) is 13.6. The molecular weight excluding hydrogens is 388 g/mol. The SMILES string of the molecule is COc1cccc(N(CCCC(=O)N[C@H](C)c2cc(C)ccc2C)S(C)(=O)=O)c1. The van der Waals surface area contributed by atoms with Crippen molar-refractivity contribution in [1.82, 2.24) is 5.32 Å². The van der Waals surface area contributed by atoms with Gasteiger partial charge in [0.15, 0.2) is 0 Å². The Bertz CT molecular complexity index is 957. The molecule has 0 bridgehead atoms. The molecule has 0 aromatic heterocycles. The molecule has 7 heteroatoms. The second-order valence-electron chi connectivity index (χ2n) is 7.29. The zero-order valence-electron chi connectivity index (χ0n) is 17.7. The smallest absolute Gasteiger partial charge is 0.232 e. The van der Waals surface area contributed by atoms with E-state index in [1.54, 1.807) is 24.3 Å². The lowest BCUT2D eigenvalue weighted by Gasteiger charge is -2.23. The molecule has 0 aliphatic carbocycles. The van der Waals surface area contributed by atoms with E-state index in [-0.39, 0.29) is 24.9 Å². The van der Waals surface area contributed by atoms with Gasteiger partial charge in [-0.1, -0.05) is 29.8 Å². The molecule has 0 aliphatic heterocycles. The summed E-state index contributed by atoms with van der Waals surface area (Å²) in [5.41, 5.74) is 3.89. The van der Waals surface area contributed by atoms with E-state index in [9.17, 15) is 13.2 Å². The summed E-state index contributed by atoms with van der Waals surface area (Å²) in [6.45, 7) is 6.22. The molecule has 0 spiro atoms. The molecule has 0 aliphatic rings. The van der Waals surface area contributed by atoms with Crippen LogP contribution in [0.4, 0.5) is 5.69 Å². The molecule has 0 heterocycles. The van der Waals surface area contributed by atoms with Gasteiger partial charge in [-0.05, 0) is 50.5 Å². The Morgan fingerprint density at radius 1 is 1.17 bits per heavy atom. The van der Waals surface area contributed by atoms with E-state index < -0.39 is 10.0 Å². The van der Waals surface area contributed by atoms with Crippen molar-refractivity contribution in [3.63, 3.8) is 0 Å². The van der Waals surface area contributed by atoms with Crippen molar-refractivity contribution < 1.29 is 17.9 Å². The van der Waals surface area contributed by atoms with Gasteiger partial charge in [0.25, 0.3) is 0 Å². The predicted octanol–water partition coefficient (Wildman–Crippen LogP) is 3.74. The lowest BCUT2D eigenvalue weighted by molar-refractivity contribution is -0.121. The van der Waals surface area contributed by atoms with Gasteiger partial charge in [0.2, 0.25) is 15.9 Å². The Kier molecular flexibility index (Phi) is 7.67. The number of anilines is 1. The summed E-state index contributed by atoms with van der Waals surface area (Å²) >= 11 is 0. The maximum atomic E-state index is 12.4. The molecule has 2 aromatic carbocycles. The first-order valence-electron chi connectivity index (χ1n) is 9.60. The predicted molar refractivity (Wildman–Crippen MR) is 117 cm³/mol. The Hall–Kier alpha value is -2.54. The standard InChI is InChI=1S/C22H30N2O4S/c1-16-11-12-17(2)21(14-16)18(3)23-22(25)10-7-13-24(29(5,26)27)19-8-6-9-20(15-19)28-4/h6,8-9,11-12,14-15,18H,7,10,13H2,1-5H3,(H,23,25)/t18-/m1/s1. The van der Waals surface area contributed by atoms with Crippen LogP contribution in [0.1, 0.15) is 42.5 Å². The largest absolute Gasteiger partial charge is 0.497 e. The summed E-state index contributed by atoms with van der Waals surface area (Å²) in [6, 6.07) is 12.9. The van der Waals surface area contributed by atoms with Gasteiger partial charge in [0, 0.05) is 19.0 Å². The Labute approximate surface area is 173 Å². The summed E-state index contributed by atoms with van der Waals surface area (Å²) in [4.78, 5) is 12.4. The van der Waals surface area contributed by atoms with Crippen LogP contribution >= 0.6 is 0 Å². The Balaban J connectivity index is 1.98. The van der Waals surface area contributed by atoms with Gasteiger partial charge in [0.1, 0.15) is 5.75 Å². The second-order valence-corrected chi connectivity index (χ2v) is 9.20. The summed E-state index contributed by atoms with van der Waals surface area (Å²) in [7, 11) is -1.94. The lowest BCUT2D eigenvalue weighted by Crippen LogP contribution is -2.32. The van der Waals surface area contributed by atoms with Crippen LogP contribution in [-0.4, -0.2) is 34.2 Å². The third-order valence-corrected chi connectivity index (χ3v) is 5.98. The number of hydrogen-bond acceptors (Lipinski definition) is 4. The number of nitrogens with one attached hydrogen (secondary N) is 1. The molecule has 0 unspecified atom stereocenters. The second kappa shape index (κ2) is 9.78. The molecule has 1 atom stereocenters. The zero-order valence-corrected chi connectivity index (χ0v) is 18.5. The summed E-state index contributed by atoms with van der Waals surface area (Å²) in [6.07, 6.45) is 1.82. The number of nitrogens with zero attached hydrogens (tertiary/aromatic N) is 1. The highest BCUT2D eigenvalue weighted by Gasteiger charge is 2.19. The van der Waals surface area contributed by atoms with E-state index in [1.165, 1.54) is 11.4 Å². The number of ether oxygens (including phenoxy) is 1. The van der Waals surface area contributed by atoms with Crippen molar-refractivity contribution in [3.8, 4) is 5.75 Å². The third kappa shape index (κ3) is 6.49. The van der Waals surface area contributed by atoms with Crippen LogP contribution in [0.25, 0.3) is 0 Å². The molecule has 29 heavy (non-hydrogen) atoms. The first-order valence-corrected chi connectivity index (χ1v) is 11.4. The first kappa shape index (κ1) is 22.7. The van der Waals surface area contributed by atoms with E-state index in [4.69, 9.17) is 4.74 Å². The minimum absolute atomic E-state index is 0.0995. The molecule has 1 N–H and O–H groups in total. The van der Waals surface area contributed by atoms with Crippen molar-refractivity contribution in [3.05, 3.63) is 59.2 Å². The fraction of sp³-hybridized carbons (Fsp3) is 0.409. The van der Waals surface area contributed by atoms with Crippen molar-refractivity contribution in [2.24, 2.45) is 0 Å². The number of rotatable bonds is 9. The van der Waals surface area contributed by atoms with E-state index in [2.05, 4.69) is 11.4 Å². The van der Waals surface area contributed by atoms with Crippen LogP contribution in [0, 0.1) is 13.8 Å². The summed E-state index contributed by atoms with van der Waals surface area (Å²) < 4.78 is 30.9. The Morgan fingerprint density at radius 3 is 2.55 bits per heavy atom. The van der Waals surface area contributed by atoms with E-state index in [0.29, 0.717) is 17.9 Å². The maximum Gasteiger partial charge on any atom is 0.232 e. The van der Waals surface area contributed by atoms with Crippen molar-refractivity contribution in [2.75, 3.05) is 24.2 Å². The lowest BCUT2D eigenvalue weighted by atomic mass is 10.00. The monoisotopic (exact) mass is 418 g/mol. The number of benzene rings is 2. The average molecular weight is 419 g/mol. The quantitative estimate of drug-likeness (QED) is 0.673. The average Bonchev–Trinajstić information content (AvgIpc) is 2.66. The number of carbonyl (C=O) groups excluding carboxylic acids is 1. The zero-order chi connectivity index (χ0) is 21.6. The number of aryl methyl sites for hydroxylation is 2. The maximum absolute atomic E-state index is 12.4. The van der Waals surface area contributed by atoms with Gasteiger partial charge in [-0.25, -0.2) is 8.42 Å². The molecule has 0 saturated carbocycles. The van der Waals surface area contributed by atoms with E-state index in [0.717, 1.165) is 22.9 Å². The molecule has 1 amide bonds. The number of methoxy groups -OCH3 is 1. The molecular formula is C22H30N2O4S. The van der Waals surface area contributed by atoms with Crippen molar-refractivity contribution in [1.29, 1.82) is 0 Å². The summed E-state index contributed by atoms with van der Waals surface area (Å²) in [5.74, 6) is 0.480. The van der Waals surface area contributed by atoms with Gasteiger partial charge in [-0.3, -0.25) is 9.10 Å². The molecule has 0 radical (unpaired) electrons. The number of sulfonamides is 1. The highest BCUT2D eigenvalue weighted by atomic mass is 32.2. The number of hydrogen-bond donors (Lipinski definition) is 1. The van der Waals surface area contributed by atoms with Gasteiger partial charge < -0.3 is 10.1 Å². The van der Waals surface area contributed by atoms with Gasteiger partial charge in [-0.2, -0.15) is 0 Å². The van der Waals surface area contributed by atoms with E-state index >= 15 is 0 Å². The Morgan fingerprint density at radius 2 is 1.90 bits per heavy atom. The molecule has 6 nitrogen and oxygen atoms in total. The van der Waals surface area contributed by atoms with E-state index in [1.807, 2.05) is 32.9 Å². The normalized spacial score (nSPS) is 12.3. The molecule has 158 valence electrons. The third-order valence-electron chi connectivity index (χ3n) is 4.79. The topological polar surface area (TPSA) is 75.7 Å². The highest BCUT2D eigenvalue weighted by Crippen LogP contribution is 2.24. The van der Waals surface area contributed by atoms with Crippen LogP contribution in [0.3, 0.4) is 0 Å². The highest BCUT2D eigenvalue weighted by molar-refractivity contribution is 7.92. The van der Waals surface area contributed by atoms with Gasteiger partial charge >= 0.3 is 0 Å². The molecule has 0 saturated heterocycles. The van der Waals surface area contributed by atoms with Crippen molar-refractivity contribution >= 4 is 21.6 Å². The van der Waals surface area contributed by atoms with Crippen LogP contribution in [0.5, 0.6) is 5.75 Å². The number of amides is 1. The number of carbonyl (C=O) groups is 1. The van der Waals surface area contributed by atoms with Gasteiger partial charge in [-0.15, -0.1) is 0 Å².